The van der Waals surface area contributed by atoms with Crippen LogP contribution in [0.2, 0.25) is 5.15 Å². The highest BCUT2D eigenvalue weighted by Gasteiger charge is 2.40. The Bertz CT molecular complexity index is 458. The zero-order chi connectivity index (χ0) is 13.9. The van der Waals surface area contributed by atoms with Crippen LogP contribution in [-0.2, 0) is 0 Å². The Morgan fingerprint density at radius 1 is 1.50 bits per heavy atom. The fourth-order valence-corrected chi connectivity index (χ4v) is 1.17. The Hall–Kier alpha value is -1.64. The van der Waals surface area contributed by atoms with Crippen molar-refractivity contribution in [3.8, 4) is 0 Å². The monoisotopic (exact) mass is 287 g/mol. The molecule has 0 saturated heterocycles. The molecule has 1 N–H and O–H groups in total. The van der Waals surface area contributed by atoms with Gasteiger partial charge in [-0.05, 0) is 0 Å². The van der Waals surface area contributed by atoms with E-state index in [1.807, 2.05) is 5.32 Å². The third-order valence-corrected chi connectivity index (χ3v) is 2.01. The molecule has 5 nitrogen and oxygen atoms in total. The molecule has 0 spiro atoms. The quantitative estimate of drug-likeness (QED) is 0.391. The van der Waals surface area contributed by atoms with Crippen LogP contribution in [-0.4, -0.2) is 28.8 Å². The second-order valence-corrected chi connectivity index (χ2v) is 3.59. The molecule has 0 aliphatic rings. The molecule has 0 aliphatic heterocycles. The molecule has 0 fully saturated rings. The normalized spacial score (nSPS) is 11.7. The first-order chi connectivity index (χ1) is 8.22. The van der Waals surface area contributed by atoms with E-state index in [4.69, 9.17) is 11.6 Å². The van der Waals surface area contributed by atoms with Crippen molar-refractivity contribution in [1.29, 1.82) is 0 Å². The lowest BCUT2D eigenvalue weighted by Crippen LogP contribution is -2.35. The molecule has 0 bridgehead atoms. The first-order valence-corrected chi connectivity index (χ1v) is 4.82. The molecule has 18 heavy (non-hydrogen) atoms. The molecule has 1 heterocycles. The number of nitrogens with zero attached hydrogens (tertiary/aromatic N) is 2. The van der Waals surface area contributed by atoms with E-state index in [9.17, 15) is 27.7 Å². The number of alkyl halides is 4. The third kappa shape index (κ3) is 3.69. The highest BCUT2D eigenvalue weighted by molar-refractivity contribution is 6.29. The second kappa shape index (κ2) is 5.34. The Morgan fingerprint density at radius 2 is 2.11 bits per heavy atom. The van der Waals surface area contributed by atoms with Gasteiger partial charge in [0.1, 0.15) is 11.0 Å². The SMILES string of the molecule is O=[N+]([O-])c1cc(Cl)nc(NCC(F)(F)C(F)F)c1. The number of rotatable bonds is 5. The van der Waals surface area contributed by atoms with E-state index in [0.29, 0.717) is 0 Å². The van der Waals surface area contributed by atoms with Crippen LogP contribution >= 0.6 is 11.6 Å². The molecule has 1 aromatic heterocycles. The van der Waals surface area contributed by atoms with Gasteiger partial charge in [0.25, 0.3) is 5.69 Å². The predicted octanol–water partition coefficient (Wildman–Crippen LogP) is 2.96. The largest absolute Gasteiger partial charge is 0.364 e. The summed E-state index contributed by atoms with van der Waals surface area (Å²) in [5.74, 6) is -4.65. The summed E-state index contributed by atoms with van der Waals surface area (Å²) in [5.41, 5.74) is -0.488. The van der Waals surface area contributed by atoms with Crippen molar-refractivity contribution in [2.45, 2.75) is 12.3 Å². The van der Waals surface area contributed by atoms with Gasteiger partial charge in [-0.25, -0.2) is 13.8 Å². The van der Waals surface area contributed by atoms with E-state index in [1.165, 1.54) is 0 Å². The van der Waals surface area contributed by atoms with E-state index in [2.05, 4.69) is 4.98 Å². The lowest BCUT2D eigenvalue weighted by atomic mass is 10.3. The number of hydrogen-bond donors (Lipinski definition) is 1. The third-order valence-electron chi connectivity index (χ3n) is 1.81. The summed E-state index contributed by atoms with van der Waals surface area (Å²) in [6.45, 7) is -1.41. The number of nitro groups is 1. The van der Waals surface area contributed by atoms with Gasteiger partial charge in [-0.15, -0.1) is 0 Å². The summed E-state index contributed by atoms with van der Waals surface area (Å²) in [6.07, 6.45) is -3.85. The molecule has 0 aliphatic carbocycles. The maximum atomic E-state index is 12.6. The molecule has 100 valence electrons. The molecule has 0 aromatic carbocycles. The maximum Gasteiger partial charge on any atom is 0.324 e. The number of aromatic nitrogens is 1. The van der Waals surface area contributed by atoms with Crippen LogP contribution in [0.3, 0.4) is 0 Å². The van der Waals surface area contributed by atoms with Crippen molar-refractivity contribution in [1.82, 2.24) is 4.98 Å². The van der Waals surface area contributed by atoms with Crippen LogP contribution in [0, 0.1) is 10.1 Å². The minimum absolute atomic E-state index is 0.313. The second-order valence-electron chi connectivity index (χ2n) is 3.21. The van der Waals surface area contributed by atoms with Crippen molar-refractivity contribution in [2.24, 2.45) is 0 Å². The van der Waals surface area contributed by atoms with Crippen molar-refractivity contribution in [3.63, 3.8) is 0 Å². The van der Waals surface area contributed by atoms with Gasteiger partial charge >= 0.3 is 12.3 Å². The summed E-state index contributed by atoms with van der Waals surface area (Å²) in [4.78, 5) is 13.1. The van der Waals surface area contributed by atoms with Gasteiger partial charge in [0.15, 0.2) is 0 Å². The number of nitrogens with one attached hydrogen (secondary N) is 1. The molecular formula is C8H6ClF4N3O2. The average Bonchev–Trinajstić information content (AvgIpc) is 2.25. The molecule has 0 unspecified atom stereocenters. The van der Waals surface area contributed by atoms with Gasteiger partial charge in [0.05, 0.1) is 23.6 Å². The number of hydrogen-bond acceptors (Lipinski definition) is 4. The van der Waals surface area contributed by atoms with E-state index in [-0.39, 0.29) is 11.0 Å². The zero-order valence-corrected chi connectivity index (χ0v) is 9.30. The van der Waals surface area contributed by atoms with Crippen LogP contribution in [0.4, 0.5) is 29.1 Å². The Morgan fingerprint density at radius 3 is 2.61 bits per heavy atom. The van der Waals surface area contributed by atoms with Crippen LogP contribution in [0.5, 0.6) is 0 Å². The standard InChI is InChI=1S/C8H6ClF4N3O2/c9-5-1-4(16(17)18)2-6(15-5)14-3-8(12,13)7(10)11/h1-2,7H,3H2,(H,14,15). The number of anilines is 1. The Balaban J connectivity index is 2.83. The molecule has 1 aromatic rings. The van der Waals surface area contributed by atoms with Crippen LogP contribution < -0.4 is 5.32 Å². The van der Waals surface area contributed by atoms with Gasteiger partial charge < -0.3 is 5.32 Å². The highest BCUT2D eigenvalue weighted by atomic mass is 35.5. The summed E-state index contributed by atoms with van der Waals surface area (Å²) in [6, 6.07) is 1.71. The summed E-state index contributed by atoms with van der Waals surface area (Å²) >= 11 is 5.42. The number of halogens is 5. The molecule has 0 atom stereocenters. The molecule has 0 amide bonds. The average molecular weight is 288 g/mol. The molecule has 10 heteroatoms. The zero-order valence-electron chi connectivity index (χ0n) is 8.54. The Labute approximate surface area is 103 Å². The molecule has 1 rings (SSSR count). The van der Waals surface area contributed by atoms with Crippen molar-refractivity contribution in [3.05, 3.63) is 27.4 Å². The fraction of sp³-hybridized carbons (Fsp3) is 0.375. The van der Waals surface area contributed by atoms with Crippen LogP contribution in [0.1, 0.15) is 0 Å². The molecule has 0 radical (unpaired) electrons. The minimum Gasteiger partial charge on any atom is -0.364 e. The molecular weight excluding hydrogens is 282 g/mol. The van der Waals surface area contributed by atoms with Gasteiger partial charge in [-0.2, -0.15) is 8.78 Å². The summed E-state index contributed by atoms with van der Waals surface area (Å²) in [7, 11) is 0. The van der Waals surface area contributed by atoms with Crippen LogP contribution in [0.25, 0.3) is 0 Å². The smallest absolute Gasteiger partial charge is 0.324 e. The van der Waals surface area contributed by atoms with Gasteiger partial charge in [0, 0.05) is 0 Å². The van der Waals surface area contributed by atoms with Gasteiger partial charge in [-0.3, -0.25) is 10.1 Å². The lowest BCUT2D eigenvalue weighted by Gasteiger charge is -2.15. The minimum atomic E-state index is -4.27. The fourth-order valence-electron chi connectivity index (χ4n) is 0.965. The van der Waals surface area contributed by atoms with Crippen molar-refractivity contribution >= 4 is 23.1 Å². The summed E-state index contributed by atoms with van der Waals surface area (Å²) in [5, 5.41) is 12.0. The summed E-state index contributed by atoms with van der Waals surface area (Å²) < 4.78 is 48.9. The lowest BCUT2D eigenvalue weighted by molar-refractivity contribution is -0.384. The van der Waals surface area contributed by atoms with E-state index in [1.54, 1.807) is 0 Å². The van der Waals surface area contributed by atoms with Crippen molar-refractivity contribution in [2.75, 3.05) is 11.9 Å². The van der Waals surface area contributed by atoms with E-state index in [0.717, 1.165) is 12.1 Å². The predicted molar refractivity (Wildman–Crippen MR) is 55.3 cm³/mol. The van der Waals surface area contributed by atoms with E-state index >= 15 is 0 Å². The number of pyridine rings is 1. The van der Waals surface area contributed by atoms with Gasteiger partial charge in [-0.1, -0.05) is 11.6 Å². The van der Waals surface area contributed by atoms with Crippen molar-refractivity contribution < 1.29 is 22.5 Å². The Kier molecular flexibility index (Phi) is 4.28. The van der Waals surface area contributed by atoms with Gasteiger partial charge in [0.2, 0.25) is 0 Å². The topological polar surface area (TPSA) is 68.1 Å². The first-order valence-electron chi connectivity index (χ1n) is 4.44. The first kappa shape index (κ1) is 14.4. The maximum absolute atomic E-state index is 12.6. The molecule has 0 saturated carbocycles. The van der Waals surface area contributed by atoms with E-state index < -0.39 is 29.5 Å². The highest BCUT2D eigenvalue weighted by Crippen LogP contribution is 2.25. The van der Waals surface area contributed by atoms with Crippen LogP contribution in [0.15, 0.2) is 12.1 Å².